The van der Waals surface area contributed by atoms with E-state index in [0.717, 1.165) is 18.4 Å². The van der Waals surface area contributed by atoms with Gasteiger partial charge < -0.3 is 15.3 Å². The summed E-state index contributed by atoms with van der Waals surface area (Å²) in [4.78, 5) is 10.2. The molecule has 6 nitrogen and oxygen atoms in total. The lowest BCUT2D eigenvalue weighted by Gasteiger charge is -2.31. The van der Waals surface area contributed by atoms with E-state index in [2.05, 4.69) is 6.92 Å². The lowest BCUT2D eigenvalue weighted by molar-refractivity contribution is -0.504. The van der Waals surface area contributed by atoms with Crippen LogP contribution in [0.25, 0.3) is 0 Å². The van der Waals surface area contributed by atoms with Gasteiger partial charge in [0.15, 0.2) is 0 Å². The zero-order valence-electron chi connectivity index (χ0n) is 15.1. The summed E-state index contributed by atoms with van der Waals surface area (Å²) in [6.45, 7) is 0.181. The van der Waals surface area contributed by atoms with Crippen molar-refractivity contribution < 1.29 is 20.2 Å². The summed E-state index contributed by atoms with van der Waals surface area (Å²) >= 11 is 0. The smallest absolute Gasteiger partial charge is 0.216 e. The van der Waals surface area contributed by atoms with Gasteiger partial charge in [-0.25, -0.2) is 0 Å². The van der Waals surface area contributed by atoms with Gasteiger partial charge in [0.25, 0.3) is 0 Å². The molecule has 3 N–H and O–H groups in total. The predicted molar refractivity (Wildman–Crippen MR) is 96.9 cm³/mol. The molecular formula is C19H31NO5. The van der Waals surface area contributed by atoms with Crippen LogP contribution >= 0.6 is 0 Å². The number of benzene rings is 1. The van der Waals surface area contributed by atoms with Gasteiger partial charge >= 0.3 is 0 Å². The highest BCUT2D eigenvalue weighted by atomic mass is 16.6. The van der Waals surface area contributed by atoms with Crippen molar-refractivity contribution in [2.75, 3.05) is 19.8 Å². The largest absolute Gasteiger partial charge is 0.395 e. The monoisotopic (exact) mass is 353 g/mol. The summed E-state index contributed by atoms with van der Waals surface area (Å²) in [5, 5.41) is 40.2. The molecule has 1 atom stereocenters. The third kappa shape index (κ3) is 6.72. The molecule has 0 aliphatic carbocycles. The molecule has 0 aromatic heterocycles. The summed E-state index contributed by atoms with van der Waals surface area (Å²) < 4.78 is 0. The van der Waals surface area contributed by atoms with Crippen LogP contribution in [0.4, 0.5) is 0 Å². The molecular weight excluding hydrogens is 322 g/mol. The SMILES string of the molecule is CCCCCCCCc1ccc(C(O)C(CO)(CO)C[N+](=O)[O-])cc1. The van der Waals surface area contributed by atoms with E-state index < -0.39 is 36.2 Å². The summed E-state index contributed by atoms with van der Waals surface area (Å²) in [5.74, 6) is 0. The predicted octanol–water partition coefficient (Wildman–Crippen LogP) is 2.87. The molecule has 0 heterocycles. The molecule has 0 aliphatic rings. The van der Waals surface area contributed by atoms with Crippen LogP contribution in [0.1, 0.15) is 62.7 Å². The fraction of sp³-hybridized carbons (Fsp3) is 0.684. The lowest BCUT2D eigenvalue weighted by atomic mass is 9.80. The maximum Gasteiger partial charge on any atom is 0.216 e. The second-order valence-corrected chi connectivity index (χ2v) is 6.83. The summed E-state index contributed by atoms with van der Waals surface area (Å²) in [5.41, 5.74) is 0.0422. The van der Waals surface area contributed by atoms with Gasteiger partial charge in [0, 0.05) is 4.92 Å². The van der Waals surface area contributed by atoms with Crippen molar-refractivity contribution in [1.29, 1.82) is 0 Å². The Morgan fingerprint density at radius 2 is 1.60 bits per heavy atom. The standard InChI is InChI=1S/C19H31NO5/c1-2-3-4-5-6-7-8-16-9-11-17(12-10-16)18(23)19(14-21,15-22)13-20(24)25/h9-12,18,21-23H,2-8,13-15H2,1H3. The molecule has 0 spiro atoms. The van der Waals surface area contributed by atoms with E-state index >= 15 is 0 Å². The number of unbranched alkanes of at least 4 members (excludes halogenated alkanes) is 5. The van der Waals surface area contributed by atoms with Crippen LogP contribution in [0.5, 0.6) is 0 Å². The maximum atomic E-state index is 10.8. The fourth-order valence-electron chi connectivity index (χ4n) is 3.00. The van der Waals surface area contributed by atoms with Crippen LogP contribution in [0.2, 0.25) is 0 Å². The van der Waals surface area contributed by atoms with Crippen molar-refractivity contribution in [1.82, 2.24) is 0 Å². The molecule has 0 radical (unpaired) electrons. The highest BCUT2D eigenvalue weighted by molar-refractivity contribution is 5.26. The Hall–Kier alpha value is -1.50. The van der Waals surface area contributed by atoms with E-state index in [0.29, 0.717) is 5.56 Å². The summed E-state index contributed by atoms with van der Waals surface area (Å²) in [7, 11) is 0. The van der Waals surface area contributed by atoms with Crippen molar-refractivity contribution in [2.24, 2.45) is 5.41 Å². The molecule has 0 aliphatic heterocycles. The number of aliphatic hydroxyl groups is 3. The first-order chi connectivity index (χ1) is 12.0. The average Bonchev–Trinajstić information content (AvgIpc) is 2.62. The average molecular weight is 353 g/mol. The molecule has 25 heavy (non-hydrogen) atoms. The Morgan fingerprint density at radius 1 is 1.04 bits per heavy atom. The zero-order chi connectivity index (χ0) is 18.7. The van der Waals surface area contributed by atoms with Crippen LogP contribution in [-0.4, -0.2) is 40.0 Å². The summed E-state index contributed by atoms with van der Waals surface area (Å²) in [6, 6.07) is 7.24. The second-order valence-electron chi connectivity index (χ2n) is 6.83. The van der Waals surface area contributed by atoms with E-state index in [4.69, 9.17) is 0 Å². The van der Waals surface area contributed by atoms with Gasteiger partial charge in [-0.2, -0.15) is 0 Å². The number of aliphatic hydroxyl groups excluding tert-OH is 3. The first-order valence-corrected chi connectivity index (χ1v) is 9.09. The maximum absolute atomic E-state index is 10.8. The van der Waals surface area contributed by atoms with E-state index in [1.807, 2.05) is 12.1 Å². The van der Waals surface area contributed by atoms with Crippen LogP contribution < -0.4 is 0 Å². The van der Waals surface area contributed by atoms with E-state index in [9.17, 15) is 25.4 Å². The van der Waals surface area contributed by atoms with Gasteiger partial charge in [0.2, 0.25) is 6.54 Å². The highest BCUT2D eigenvalue weighted by Crippen LogP contribution is 2.34. The minimum Gasteiger partial charge on any atom is -0.395 e. The molecule has 142 valence electrons. The quantitative estimate of drug-likeness (QED) is 0.287. The van der Waals surface area contributed by atoms with Crippen LogP contribution in [-0.2, 0) is 6.42 Å². The number of hydrogen-bond donors (Lipinski definition) is 3. The Morgan fingerprint density at radius 3 is 2.12 bits per heavy atom. The number of nitrogens with zero attached hydrogens (tertiary/aromatic N) is 1. The Balaban J connectivity index is 2.63. The molecule has 0 fully saturated rings. The first kappa shape index (κ1) is 21.5. The second kappa shape index (κ2) is 11.2. The number of rotatable bonds is 13. The van der Waals surface area contributed by atoms with Crippen molar-refractivity contribution in [3.05, 3.63) is 45.5 Å². The Kier molecular flexibility index (Phi) is 9.63. The van der Waals surface area contributed by atoms with Gasteiger partial charge in [-0.3, -0.25) is 10.1 Å². The lowest BCUT2D eigenvalue weighted by Crippen LogP contribution is -2.42. The van der Waals surface area contributed by atoms with Gasteiger partial charge in [-0.05, 0) is 24.0 Å². The number of nitro groups is 1. The van der Waals surface area contributed by atoms with E-state index in [1.165, 1.54) is 32.1 Å². The van der Waals surface area contributed by atoms with Crippen molar-refractivity contribution in [3.63, 3.8) is 0 Å². The van der Waals surface area contributed by atoms with E-state index in [-0.39, 0.29) is 0 Å². The van der Waals surface area contributed by atoms with Crippen molar-refractivity contribution in [3.8, 4) is 0 Å². The third-order valence-corrected chi connectivity index (χ3v) is 4.77. The molecule has 0 bridgehead atoms. The third-order valence-electron chi connectivity index (χ3n) is 4.77. The fourth-order valence-corrected chi connectivity index (χ4v) is 3.00. The topological polar surface area (TPSA) is 104 Å². The molecule has 6 heteroatoms. The van der Waals surface area contributed by atoms with Crippen LogP contribution in [0.3, 0.4) is 0 Å². The first-order valence-electron chi connectivity index (χ1n) is 9.09. The molecule has 0 amide bonds. The molecule has 1 rings (SSSR count). The normalized spacial score (nSPS) is 13.0. The Labute approximate surface area is 149 Å². The molecule has 1 aromatic rings. The number of aryl methyl sites for hydroxylation is 1. The van der Waals surface area contributed by atoms with Gasteiger partial charge in [0.1, 0.15) is 5.41 Å². The molecule has 0 saturated heterocycles. The minimum absolute atomic E-state index is 0.469. The van der Waals surface area contributed by atoms with Gasteiger partial charge in [-0.15, -0.1) is 0 Å². The van der Waals surface area contributed by atoms with Crippen LogP contribution in [0, 0.1) is 15.5 Å². The molecule has 1 aromatic carbocycles. The minimum atomic E-state index is -1.58. The molecule has 0 saturated carbocycles. The molecule has 1 unspecified atom stereocenters. The summed E-state index contributed by atoms with van der Waals surface area (Å²) in [6.07, 6.45) is 7.04. The number of hydrogen-bond acceptors (Lipinski definition) is 5. The highest BCUT2D eigenvalue weighted by Gasteiger charge is 2.43. The van der Waals surface area contributed by atoms with Gasteiger partial charge in [0.05, 0.1) is 19.3 Å². The zero-order valence-corrected chi connectivity index (χ0v) is 15.1. The van der Waals surface area contributed by atoms with Gasteiger partial charge in [-0.1, -0.05) is 63.3 Å². The van der Waals surface area contributed by atoms with Crippen molar-refractivity contribution in [2.45, 2.75) is 58.0 Å². The van der Waals surface area contributed by atoms with E-state index in [1.54, 1.807) is 12.1 Å². The Bertz CT molecular complexity index is 499. The van der Waals surface area contributed by atoms with Crippen LogP contribution in [0.15, 0.2) is 24.3 Å². The van der Waals surface area contributed by atoms with Crippen molar-refractivity contribution >= 4 is 0 Å².